The van der Waals surface area contributed by atoms with Crippen molar-refractivity contribution in [3.8, 4) is 0 Å². The van der Waals surface area contributed by atoms with Crippen LogP contribution in [-0.2, 0) is 0 Å². The van der Waals surface area contributed by atoms with E-state index in [-0.39, 0.29) is 5.69 Å². The van der Waals surface area contributed by atoms with Crippen molar-refractivity contribution >= 4 is 16.9 Å². The summed E-state index contributed by atoms with van der Waals surface area (Å²) in [5.74, 6) is -0.342. The van der Waals surface area contributed by atoms with Gasteiger partial charge in [-0.3, -0.25) is 0 Å². The van der Waals surface area contributed by atoms with Crippen LogP contribution in [0, 0.1) is 6.92 Å². The Morgan fingerprint density at radius 2 is 1.74 bits per heavy atom. The zero-order valence-electron chi connectivity index (χ0n) is 13.7. The van der Waals surface area contributed by atoms with Gasteiger partial charge in [-0.15, -0.1) is 0 Å². The molecule has 0 aliphatic carbocycles. The standard InChI is InChI=1S/C10H7NO2.C10H14/c12-10(13)9-6-5-7-3-1-2-4-8(7)11-9;1-8(2)10-6-4-5-9(3)7-10/h1-6H,(H,12,13);4-8H,1-3H3. The van der Waals surface area contributed by atoms with Gasteiger partial charge in [-0.05, 0) is 30.5 Å². The van der Waals surface area contributed by atoms with Gasteiger partial charge < -0.3 is 5.11 Å². The SMILES string of the molecule is Cc1cccc(C(C)C)c1.O=C(O)c1ccc2ccccc2n1. The third kappa shape index (κ3) is 4.65. The lowest BCUT2D eigenvalue weighted by atomic mass is 10.0. The van der Waals surface area contributed by atoms with E-state index in [0.717, 1.165) is 5.39 Å². The molecule has 0 saturated heterocycles. The third-order valence-electron chi connectivity index (χ3n) is 3.53. The number of nitrogens with zero attached hydrogens (tertiary/aromatic N) is 1. The topological polar surface area (TPSA) is 50.2 Å². The Bertz CT molecular complexity index is 809. The molecule has 0 radical (unpaired) electrons. The molecule has 1 N–H and O–H groups in total. The summed E-state index contributed by atoms with van der Waals surface area (Å²) in [6.07, 6.45) is 0. The molecule has 0 aliphatic heterocycles. The van der Waals surface area contributed by atoms with E-state index in [1.54, 1.807) is 12.1 Å². The van der Waals surface area contributed by atoms with Gasteiger partial charge in [0.25, 0.3) is 0 Å². The Hall–Kier alpha value is -2.68. The molecule has 3 heteroatoms. The Morgan fingerprint density at radius 1 is 1.00 bits per heavy atom. The van der Waals surface area contributed by atoms with E-state index in [4.69, 9.17) is 5.11 Å². The summed E-state index contributed by atoms with van der Waals surface area (Å²) in [4.78, 5) is 14.6. The second-order valence-corrected chi connectivity index (χ2v) is 5.76. The number of carboxylic acid groups (broad SMARTS) is 1. The van der Waals surface area contributed by atoms with E-state index < -0.39 is 5.97 Å². The summed E-state index contributed by atoms with van der Waals surface area (Å²) in [6.45, 7) is 6.56. The molecule has 0 unspecified atom stereocenters. The second-order valence-electron chi connectivity index (χ2n) is 5.76. The lowest BCUT2D eigenvalue weighted by Crippen LogP contribution is -1.99. The molecular weight excluding hydrogens is 286 g/mol. The Balaban J connectivity index is 0.000000174. The number of pyridine rings is 1. The van der Waals surface area contributed by atoms with Crippen molar-refractivity contribution in [1.82, 2.24) is 4.98 Å². The number of para-hydroxylation sites is 1. The van der Waals surface area contributed by atoms with Gasteiger partial charge in [-0.2, -0.15) is 0 Å². The van der Waals surface area contributed by atoms with E-state index in [2.05, 4.69) is 50.0 Å². The molecule has 1 heterocycles. The highest BCUT2D eigenvalue weighted by Gasteiger charge is 2.03. The van der Waals surface area contributed by atoms with Gasteiger partial charge >= 0.3 is 5.97 Å². The van der Waals surface area contributed by atoms with E-state index in [1.165, 1.54) is 17.2 Å². The summed E-state index contributed by atoms with van der Waals surface area (Å²) in [5, 5.41) is 9.63. The van der Waals surface area contributed by atoms with Crippen molar-refractivity contribution < 1.29 is 9.90 Å². The van der Waals surface area contributed by atoms with Crippen LogP contribution in [0.4, 0.5) is 0 Å². The fraction of sp³-hybridized carbons (Fsp3) is 0.200. The summed E-state index contributed by atoms with van der Waals surface area (Å²) in [6, 6.07) is 19.3. The van der Waals surface area contributed by atoms with E-state index in [9.17, 15) is 4.79 Å². The predicted octanol–water partition coefficient (Wildman–Crippen LogP) is 5.05. The first-order valence-corrected chi connectivity index (χ1v) is 7.63. The zero-order chi connectivity index (χ0) is 16.8. The van der Waals surface area contributed by atoms with Crippen LogP contribution in [0.3, 0.4) is 0 Å². The van der Waals surface area contributed by atoms with Crippen LogP contribution in [-0.4, -0.2) is 16.1 Å². The van der Waals surface area contributed by atoms with Crippen LogP contribution < -0.4 is 0 Å². The van der Waals surface area contributed by atoms with Crippen LogP contribution in [0.5, 0.6) is 0 Å². The molecule has 3 nitrogen and oxygen atoms in total. The molecule has 118 valence electrons. The number of benzene rings is 2. The Kier molecular flexibility index (Phi) is 5.47. The minimum absolute atomic E-state index is 0.0821. The van der Waals surface area contributed by atoms with Crippen LogP contribution in [0.1, 0.15) is 41.4 Å². The molecule has 0 amide bonds. The minimum atomic E-state index is -0.995. The van der Waals surface area contributed by atoms with Crippen molar-refractivity contribution in [2.75, 3.05) is 0 Å². The maximum atomic E-state index is 10.6. The highest BCUT2D eigenvalue weighted by atomic mass is 16.4. The Labute approximate surface area is 136 Å². The lowest BCUT2D eigenvalue weighted by molar-refractivity contribution is 0.0691. The maximum absolute atomic E-state index is 10.6. The smallest absolute Gasteiger partial charge is 0.354 e. The van der Waals surface area contributed by atoms with Gasteiger partial charge in [0, 0.05) is 5.39 Å². The highest BCUT2D eigenvalue weighted by Crippen LogP contribution is 2.14. The molecular formula is C20H21NO2. The van der Waals surface area contributed by atoms with E-state index in [0.29, 0.717) is 11.4 Å². The average molecular weight is 307 g/mol. The van der Waals surface area contributed by atoms with Crippen LogP contribution >= 0.6 is 0 Å². The lowest BCUT2D eigenvalue weighted by Gasteiger charge is -2.04. The number of hydrogen-bond donors (Lipinski definition) is 1. The molecule has 1 aromatic heterocycles. The molecule has 0 aliphatic rings. The first-order valence-electron chi connectivity index (χ1n) is 7.63. The number of hydrogen-bond acceptors (Lipinski definition) is 2. The molecule has 2 aromatic carbocycles. The molecule has 0 spiro atoms. The highest BCUT2D eigenvalue weighted by molar-refractivity contribution is 5.89. The van der Waals surface area contributed by atoms with Crippen molar-refractivity contribution in [1.29, 1.82) is 0 Å². The fourth-order valence-corrected chi connectivity index (χ4v) is 2.21. The number of aromatic nitrogens is 1. The molecule has 0 saturated carbocycles. The molecule has 3 rings (SSSR count). The number of rotatable bonds is 2. The minimum Gasteiger partial charge on any atom is -0.477 e. The summed E-state index contributed by atoms with van der Waals surface area (Å²) < 4.78 is 0. The van der Waals surface area contributed by atoms with Crippen molar-refractivity contribution in [3.63, 3.8) is 0 Å². The summed E-state index contributed by atoms with van der Waals surface area (Å²) in [7, 11) is 0. The van der Waals surface area contributed by atoms with Gasteiger partial charge in [-0.25, -0.2) is 9.78 Å². The van der Waals surface area contributed by atoms with Gasteiger partial charge in [0.1, 0.15) is 5.69 Å². The summed E-state index contributed by atoms with van der Waals surface area (Å²) >= 11 is 0. The van der Waals surface area contributed by atoms with Crippen LogP contribution in [0.2, 0.25) is 0 Å². The van der Waals surface area contributed by atoms with Crippen molar-refractivity contribution in [2.45, 2.75) is 26.7 Å². The van der Waals surface area contributed by atoms with Crippen LogP contribution in [0.25, 0.3) is 10.9 Å². The summed E-state index contributed by atoms with van der Waals surface area (Å²) in [5.41, 5.74) is 3.58. The zero-order valence-corrected chi connectivity index (χ0v) is 13.7. The van der Waals surface area contributed by atoms with Gasteiger partial charge in [0.15, 0.2) is 0 Å². The van der Waals surface area contributed by atoms with Crippen LogP contribution in [0.15, 0.2) is 60.7 Å². The number of fused-ring (bicyclic) bond motifs is 1. The van der Waals surface area contributed by atoms with Crippen molar-refractivity contribution in [2.24, 2.45) is 0 Å². The Morgan fingerprint density at radius 3 is 2.35 bits per heavy atom. The van der Waals surface area contributed by atoms with Gasteiger partial charge in [0.05, 0.1) is 5.52 Å². The largest absolute Gasteiger partial charge is 0.477 e. The predicted molar refractivity (Wildman–Crippen MR) is 94.0 cm³/mol. The van der Waals surface area contributed by atoms with Gasteiger partial charge in [-0.1, -0.05) is 67.9 Å². The first-order chi connectivity index (χ1) is 11.0. The molecule has 23 heavy (non-hydrogen) atoms. The normalized spacial score (nSPS) is 10.3. The number of carboxylic acids is 1. The quantitative estimate of drug-likeness (QED) is 0.720. The van der Waals surface area contributed by atoms with E-state index >= 15 is 0 Å². The molecule has 3 aromatic rings. The van der Waals surface area contributed by atoms with Crippen molar-refractivity contribution in [3.05, 3.63) is 77.5 Å². The number of carbonyl (C=O) groups is 1. The second kappa shape index (κ2) is 7.54. The molecule has 0 fully saturated rings. The number of aromatic carboxylic acids is 1. The van der Waals surface area contributed by atoms with Gasteiger partial charge in [0.2, 0.25) is 0 Å². The fourth-order valence-electron chi connectivity index (χ4n) is 2.21. The first kappa shape index (κ1) is 16.7. The monoisotopic (exact) mass is 307 g/mol. The maximum Gasteiger partial charge on any atom is 0.354 e. The molecule has 0 atom stereocenters. The van der Waals surface area contributed by atoms with E-state index in [1.807, 2.05) is 18.2 Å². The average Bonchev–Trinajstić information content (AvgIpc) is 2.55. The third-order valence-corrected chi connectivity index (χ3v) is 3.53. The molecule has 0 bridgehead atoms. The number of aryl methyl sites for hydroxylation is 1.